The van der Waals surface area contributed by atoms with Crippen molar-refractivity contribution >= 4 is 52.0 Å². The number of hydrogen-bond acceptors (Lipinski definition) is 3. The third-order valence-corrected chi connectivity index (χ3v) is 3.57. The molecule has 0 bridgehead atoms. The lowest BCUT2D eigenvalue weighted by atomic mass is 10.0. The maximum atomic E-state index is 12.0. The molecule has 2 rings (SSSR count). The number of carbonyl (C=O) groups is 2. The summed E-state index contributed by atoms with van der Waals surface area (Å²) in [5.74, 6) is -0.690. The Morgan fingerprint density at radius 2 is 2.11 bits per heavy atom. The Bertz CT molecular complexity index is 598. The van der Waals surface area contributed by atoms with Gasteiger partial charge in [0.15, 0.2) is 5.78 Å². The molecule has 1 N–H and O–H groups in total. The molecule has 3 nitrogen and oxygen atoms in total. The Morgan fingerprint density at radius 1 is 1.37 bits per heavy atom. The number of hydrogen-bond donors (Lipinski definition) is 1. The summed E-state index contributed by atoms with van der Waals surface area (Å²) in [6, 6.07) is 3.82. The number of halogens is 2. The van der Waals surface area contributed by atoms with Gasteiger partial charge in [0.2, 0.25) is 0 Å². The predicted molar refractivity (Wildman–Crippen MR) is 79.1 cm³/mol. The summed E-state index contributed by atoms with van der Waals surface area (Å²) < 4.78 is 0. The summed E-state index contributed by atoms with van der Waals surface area (Å²) in [4.78, 5) is 24.1. The van der Waals surface area contributed by atoms with E-state index in [0.717, 1.165) is 0 Å². The molecule has 0 aliphatic heterocycles. The van der Waals surface area contributed by atoms with Crippen molar-refractivity contribution < 1.29 is 9.59 Å². The molecule has 98 valence electrons. The number of Topliss-reactive ketones (excluding diaryl/α,β-unsaturated/α-hetero) is 1. The van der Waals surface area contributed by atoms with Crippen LogP contribution in [0.25, 0.3) is 0 Å². The fourth-order valence-electron chi connectivity index (χ4n) is 1.68. The van der Waals surface area contributed by atoms with E-state index in [4.69, 9.17) is 35.4 Å². The summed E-state index contributed by atoms with van der Waals surface area (Å²) >= 11 is 16.6. The molecule has 6 heteroatoms. The topological polar surface area (TPSA) is 46.2 Å². The number of thiocarbonyl (C=S) groups is 1. The Morgan fingerprint density at radius 3 is 2.79 bits per heavy atom. The van der Waals surface area contributed by atoms with E-state index in [-0.39, 0.29) is 16.4 Å². The molecule has 1 atom stereocenters. The van der Waals surface area contributed by atoms with Crippen LogP contribution in [0.2, 0.25) is 10.0 Å². The number of nitrogens with one attached hydrogen (secondary N) is 1. The highest BCUT2D eigenvalue weighted by Crippen LogP contribution is 2.21. The highest BCUT2D eigenvalue weighted by Gasteiger charge is 2.25. The van der Waals surface area contributed by atoms with E-state index in [1.807, 2.05) is 0 Å². The van der Waals surface area contributed by atoms with Crippen molar-refractivity contribution in [2.75, 3.05) is 0 Å². The third kappa shape index (κ3) is 3.21. The van der Waals surface area contributed by atoms with Gasteiger partial charge in [-0.1, -0.05) is 47.6 Å². The SMILES string of the molecule is O=C(NC1C=CCC(=S)C1=O)c1ccc(Cl)cc1Cl. The van der Waals surface area contributed by atoms with E-state index in [1.165, 1.54) is 12.1 Å². The Kier molecular flexibility index (Phi) is 4.34. The second-order valence-electron chi connectivity index (χ2n) is 4.00. The fourth-order valence-corrected chi connectivity index (χ4v) is 2.40. The lowest BCUT2D eigenvalue weighted by Gasteiger charge is -2.17. The highest BCUT2D eigenvalue weighted by molar-refractivity contribution is 7.82. The molecule has 0 radical (unpaired) electrons. The molecule has 1 amide bonds. The van der Waals surface area contributed by atoms with Crippen LogP contribution in [-0.4, -0.2) is 22.6 Å². The first-order valence-electron chi connectivity index (χ1n) is 5.48. The first kappa shape index (κ1) is 14.2. The quantitative estimate of drug-likeness (QED) is 0.674. The van der Waals surface area contributed by atoms with Crippen LogP contribution >= 0.6 is 35.4 Å². The van der Waals surface area contributed by atoms with Gasteiger partial charge in [0.25, 0.3) is 5.91 Å². The second-order valence-corrected chi connectivity index (χ2v) is 5.33. The minimum atomic E-state index is -0.722. The van der Waals surface area contributed by atoms with Crippen LogP contribution in [0.1, 0.15) is 16.8 Å². The molecule has 0 aromatic heterocycles. The fraction of sp³-hybridized carbons (Fsp3) is 0.154. The van der Waals surface area contributed by atoms with Crippen LogP contribution < -0.4 is 5.32 Å². The summed E-state index contributed by atoms with van der Waals surface area (Å²) in [5, 5.41) is 3.26. The summed E-state index contributed by atoms with van der Waals surface area (Å²) in [7, 11) is 0. The van der Waals surface area contributed by atoms with Crippen molar-refractivity contribution in [1.82, 2.24) is 5.32 Å². The van der Waals surface area contributed by atoms with Crippen LogP contribution in [0.4, 0.5) is 0 Å². The predicted octanol–water partition coefficient (Wildman–Crippen LogP) is 2.99. The van der Waals surface area contributed by atoms with E-state index < -0.39 is 11.9 Å². The smallest absolute Gasteiger partial charge is 0.253 e. The standard InChI is InChI=1S/C13H9Cl2NO2S/c14-7-4-5-8(9(15)6-7)13(18)16-10-2-1-3-11(19)12(10)17/h1-2,4-6,10H,3H2,(H,16,18). The van der Waals surface area contributed by atoms with E-state index in [2.05, 4.69) is 5.32 Å². The maximum absolute atomic E-state index is 12.0. The Hall–Kier alpha value is -1.23. The van der Waals surface area contributed by atoms with Crippen molar-refractivity contribution in [3.05, 3.63) is 46.0 Å². The number of benzene rings is 1. The van der Waals surface area contributed by atoms with E-state index in [9.17, 15) is 9.59 Å². The molecule has 0 saturated heterocycles. The van der Waals surface area contributed by atoms with Crippen molar-refractivity contribution in [3.8, 4) is 0 Å². The van der Waals surface area contributed by atoms with Gasteiger partial charge in [-0.05, 0) is 18.2 Å². The van der Waals surface area contributed by atoms with E-state index in [1.54, 1.807) is 18.2 Å². The van der Waals surface area contributed by atoms with Crippen LogP contribution in [0.15, 0.2) is 30.4 Å². The number of carbonyl (C=O) groups excluding carboxylic acids is 2. The molecule has 0 heterocycles. The van der Waals surface area contributed by atoms with Gasteiger partial charge in [-0.25, -0.2) is 0 Å². The molecule has 19 heavy (non-hydrogen) atoms. The number of amides is 1. The summed E-state index contributed by atoms with van der Waals surface area (Å²) in [6.45, 7) is 0. The molecule has 1 aliphatic carbocycles. The van der Waals surface area contributed by atoms with Gasteiger partial charge in [0.1, 0.15) is 6.04 Å². The minimum absolute atomic E-state index is 0.236. The Labute approximate surface area is 125 Å². The van der Waals surface area contributed by atoms with Crippen LogP contribution in [0.5, 0.6) is 0 Å². The first-order valence-corrected chi connectivity index (χ1v) is 6.65. The van der Waals surface area contributed by atoms with Gasteiger partial charge in [0, 0.05) is 11.4 Å². The zero-order valence-corrected chi connectivity index (χ0v) is 12.0. The minimum Gasteiger partial charge on any atom is -0.338 e. The molecule has 1 aliphatic rings. The molecule has 0 saturated carbocycles. The summed E-state index contributed by atoms with van der Waals surface area (Å²) in [5.41, 5.74) is 0.267. The second kappa shape index (κ2) is 5.82. The van der Waals surface area contributed by atoms with Gasteiger partial charge in [0.05, 0.1) is 15.5 Å². The average molecular weight is 314 g/mol. The van der Waals surface area contributed by atoms with E-state index in [0.29, 0.717) is 16.3 Å². The van der Waals surface area contributed by atoms with Crippen molar-refractivity contribution in [2.45, 2.75) is 12.5 Å². The molecular weight excluding hydrogens is 305 g/mol. The third-order valence-electron chi connectivity index (χ3n) is 2.65. The Balaban J connectivity index is 2.17. The first-order chi connectivity index (χ1) is 8.99. The molecule has 1 aromatic carbocycles. The van der Waals surface area contributed by atoms with Crippen LogP contribution in [-0.2, 0) is 4.79 Å². The molecular formula is C13H9Cl2NO2S. The molecule has 1 unspecified atom stereocenters. The lowest BCUT2D eigenvalue weighted by molar-refractivity contribution is -0.113. The van der Waals surface area contributed by atoms with Crippen LogP contribution in [0, 0.1) is 0 Å². The van der Waals surface area contributed by atoms with Crippen molar-refractivity contribution in [3.63, 3.8) is 0 Å². The van der Waals surface area contributed by atoms with Crippen LogP contribution in [0.3, 0.4) is 0 Å². The van der Waals surface area contributed by atoms with Gasteiger partial charge < -0.3 is 5.32 Å². The van der Waals surface area contributed by atoms with Gasteiger partial charge >= 0.3 is 0 Å². The summed E-state index contributed by atoms with van der Waals surface area (Å²) in [6.07, 6.45) is 3.83. The number of rotatable bonds is 2. The zero-order valence-electron chi connectivity index (χ0n) is 9.65. The lowest BCUT2D eigenvalue weighted by Crippen LogP contribution is -2.43. The number of ketones is 1. The normalized spacial score (nSPS) is 18.5. The van der Waals surface area contributed by atoms with Gasteiger partial charge in [-0.15, -0.1) is 0 Å². The largest absolute Gasteiger partial charge is 0.338 e. The molecule has 0 spiro atoms. The van der Waals surface area contributed by atoms with E-state index >= 15 is 0 Å². The maximum Gasteiger partial charge on any atom is 0.253 e. The van der Waals surface area contributed by atoms with Crippen molar-refractivity contribution in [2.24, 2.45) is 0 Å². The molecule has 0 fully saturated rings. The van der Waals surface area contributed by atoms with Crippen molar-refractivity contribution in [1.29, 1.82) is 0 Å². The van der Waals surface area contributed by atoms with Gasteiger partial charge in [-0.2, -0.15) is 0 Å². The zero-order chi connectivity index (χ0) is 14.0. The average Bonchev–Trinajstić information content (AvgIpc) is 2.34. The molecule has 1 aromatic rings. The monoisotopic (exact) mass is 313 g/mol. The number of allylic oxidation sites excluding steroid dienone is 1. The van der Waals surface area contributed by atoms with Gasteiger partial charge in [-0.3, -0.25) is 9.59 Å². The highest BCUT2D eigenvalue weighted by atomic mass is 35.5.